The van der Waals surface area contributed by atoms with Gasteiger partial charge in [-0.15, -0.1) is 0 Å². The van der Waals surface area contributed by atoms with E-state index in [-0.39, 0.29) is 5.91 Å². The van der Waals surface area contributed by atoms with Crippen LogP contribution >= 0.6 is 0 Å². The van der Waals surface area contributed by atoms with Crippen LogP contribution in [0.3, 0.4) is 0 Å². The van der Waals surface area contributed by atoms with Crippen molar-refractivity contribution in [1.29, 1.82) is 0 Å². The van der Waals surface area contributed by atoms with Gasteiger partial charge in [-0.1, -0.05) is 0 Å². The van der Waals surface area contributed by atoms with Gasteiger partial charge in [0.25, 0.3) is 0 Å². The molecule has 150 valence electrons. The number of carbonyl (C=O) groups is 1. The second-order valence-corrected chi connectivity index (χ2v) is 8.44. The maximum absolute atomic E-state index is 13.2. The van der Waals surface area contributed by atoms with Gasteiger partial charge in [0.05, 0.1) is 0 Å². The molecule has 2 fully saturated rings. The fourth-order valence-electron chi connectivity index (χ4n) is 3.96. The topological polar surface area (TPSA) is 26.8 Å². The average molecular weight is 452 g/mol. The summed E-state index contributed by atoms with van der Waals surface area (Å²) in [6, 6.07) is 16.7. The number of hydrogen-bond acceptors (Lipinski definition) is 3. The van der Waals surface area contributed by atoms with Crippen LogP contribution in [-0.4, -0.2) is 51.2 Å². The van der Waals surface area contributed by atoms with E-state index in [0.717, 1.165) is 35.4 Å². The van der Waals surface area contributed by atoms with Gasteiger partial charge in [0.1, 0.15) is 0 Å². The Morgan fingerprint density at radius 3 is 2.17 bits per heavy atom. The van der Waals surface area contributed by atoms with Crippen molar-refractivity contribution in [1.82, 2.24) is 4.90 Å². The third-order valence-corrected chi connectivity index (χ3v) is 6.74. The van der Waals surface area contributed by atoms with E-state index in [4.69, 9.17) is 0 Å². The third-order valence-electron chi connectivity index (χ3n) is 5.78. The van der Waals surface area contributed by atoms with Crippen LogP contribution in [-0.2, 0) is 11.2 Å². The number of likely N-dealkylation sites (N-methyl/N-ethyl adjacent to an activating group) is 1. The molecule has 2 aliphatic rings. The van der Waals surface area contributed by atoms with Gasteiger partial charge in [0, 0.05) is 0 Å². The van der Waals surface area contributed by atoms with E-state index in [1.807, 2.05) is 30.2 Å². The Balaban J connectivity index is 1.56. The zero-order valence-corrected chi connectivity index (χ0v) is 18.8. The number of rotatable bonds is 4. The summed E-state index contributed by atoms with van der Waals surface area (Å²) in [5, 5.41) is 0. The van der Waals surface area contributed by atoms with Crippen molar-refractivity contribution >= 4 is 43.6 Å². The molecule has 4 nitrogen and oxygen atoms in total. The molecule has 0 saturated carbocycles. The number of amides is 1. The normalized spacial score (nSPS) is 18.8. The van der Waals surface area contributed by atoms with Crippen LogP contribution in [0.15, 0.2) is 54.2 Å². The molecule has 0 bridgehead atoms. The summed E-state index contributed by atoms with van der Waals surface area (Å²) in [5.41, 5.74) is 5.13. The Labute approximate surface area is 181 Å². The molecule has 2 aromatic rings. The van der Waals surface area contributed by atoms with Gasteiger partial charge in [0.2, 0.25) is 0 Å². The zero-order chi connectivity index (χ0) is 20.4. The average Bonchev–Trinajstić information content (AvgIpc) is 2.98. The second kappa shape index (κ2) is 8.56. The zero-order valence-electron chi connectivity index (χ0n) is 17.1. The number of hydrogen-bond donors (Lipinski definition) is 0. The van der Waals surface area contributed by atoms with Crippen molar-refractivity contribution in [2.45, 2.75) is 32.6 Å². The Morgan fingerprint density at radius 2 is 1.55 bits per heavy atom. The first kappa shape index (κ1) is 19.9. The molecule has 2 aliphatic heterocycles. The summed E-state index contributed by atoms with van der Waals surface area (Å²) < 4.78 is 0.801. The first-order valence-corrected chi connectivity index (χ1v) is 11.2. The van der Waals surface area contributed by atoms with Crippen molar-refractivity contribution in [3.63, 3.8) is 0 Å². The van der Waals surface area contributed by atoms with E-state index < -0.39 is 0 Å². The molecule has 0 N–H and O–H groups in total. The van der Waals surface area contributed by atoms with Gasteiger partial charge in [0.15, 0.2) is 0 Å². The molecule has 2 heterocycles. The van der Waals surface area contributed by atoms with Gasteiger partial charge in [-0.25, -0.2) is 0 Å². The SMILES string of the molecule is CCc1ccc(N2C(=O)/C(=C\c3ccc(N4CCCCC4)cc3)N(C)C2=[Se])cc1. The van der Waals surface area contributed by atoms with Gasteiger partial charge in [-0.3, -0.25) is 0 Å². The number of aryl methyl sites for hydroxylation is 1. The summed E-state index contributed by atoms with van der Waals surface area (Å²) in [4.78, 5) is 19.3. The van der Waals surface area contributed by atoms with Crippen LogP contribution in [0.25, 0.3) is 6.08 Å². The number of benzene rings is 2. The Morgan fingerprint density at radius 1 is 0.931 bits per heavy atom. The first-order valence-electron chi connectivity index (χ1n) is 10.4. The summed E-state index contributed by atoms with van der Waals surface area (Å²) in [6.07, 6.45) is 6.83. The first-order chi connectivity index (χ1) is 14.1. The van der Waals surface area contributed by atoms with Gasteiger partial charge < -0.3 is 0 Å². The molecule has 5 heteroatoms. The molecule has 4 rings (SSSR count). The van der Waals surface area contributed by atoms with Gasteiger partial charge >= 0.3 is 181 Å². The molecular formula is C24H27N3OSe. The number of nitrogens with zero attached hydrogens (tertiary/aromatic N) is 3. The van der Waals surface area contributed by atoms with E-state index in [0.29, 0.717) is 5.70 Å². The maximum atomic E-state index is 13.2. The summed E-state index contributed by atoms with van der Waals surface area (Å²) in [5.74, 6) is -0.00870. The van der Waals surface area contributed by atoms with Gasteiger partial charge in [-0.05, 0) is 0 Å². The van der Waals surface area contributed by atoms with Crippen LogP contribution in [0.4, 0.5) is 11.4 Å². The Kier molecular flexibility index (Phi) is 5.89. The minimum absolute atomic E-state index is 0.00870. The van der Waals surface area contributed by atoms with Crippen LogP contribution in [0, 0.1) is 0 Å². The molecule has 0 atom stereocenters. The minimum atomic E-state index is -0.00870. The van der Waals surface area contributed by atoms with E-state index >= 15 is 0 Å². The molecular weight excluding hydrogens is 425 g/mol. The molecule has 0 spiro atoms. The van der Waals surface area contributed by atoms with Crippen LogP contribution in [0.2, 0.25) is 0 Å². The summed E-state index contributed by atoms with van der Waals surface area (Å²) in [7, 11) is 1.93. The van der Waals surface area contributed by atoms with E-state index in [1.54, 1.807) is 4.90 Å². The predicted octanol–water partition coefficient (Wildman–Crippen LogP) is 3.81. The van der Waals surface area contributed by atoms with Crippen molar-refractivity contribution < 1.29 is 4.79 Å². The van der Waals surface area contributed by atoms with Crippen LogP contribution in [0.5, 0.6) is 0 Å². The van der Waals surface area contributed by atoms with Crippen molar-refractivity contribution in [3.8, 4) is 0 Å². The third kappa shape index (κ3) is 4.03. The predicted molar refractivity (Wildman–Crippen MR) is 122 cm³/mol. The number of anilines is 2. The number of carbonyl (C=O) groups excluding carboxylic acids is 1. The van der Waals surface area contributed by atoms with Crippen LogP contribution < -0.4 is 9.80 Å². The molecule has 1 amide bonds. The van der Waals surface area contributed by atoms with E-state index in [9.17, 15) is 4.79 Å². The molecule has 0 radical (unpaired) electrons. The fraction of sp³-hybridized carbons (Fsp3) is 0.333. The number of piperidine rings is 1. The van der Waals surface area contributed by atoms with Crippen LogP contribution in [0.1, 0.15) is 37.3 Å². The summed E-state index contributed by atoms with van der Waals surface area (Å²) >= 11 is 3.06. The molecule has 29 heavy (non-hydrogen) atoms. The Bertz CT molecular complexity index is 928. The quantitative estimate of drug-likeness (QED) is 0.522. The van der Waals surface area contributed by atoms with E-state index in [2.05, 4.69) is 63.8 Å². The second-order valence-electron chi connectivity index (χ2n) is 7.67. The van der Waals surface area contributed by atoms with Crippen molar-refractivity contribution in [3.05, 3.63) is 65.4 Å². The van der Waals surface area contributed by atoms with Gasteiger partial charge in [-0.2, -0.15) is 0 Å². The monoisotopic (exact) mass is 453 g/mol. The molecule has 0 aliphatic carbocycles. The standard InChI is InChI=1S/C24H27N3OSe/c1-3-18-7-13-21(14-8-18)27-23(28)22(25(2)24(27)29)17-19-9-11-20(12-10-19)26-15-5-4-6-16-26/h7-14,17H,3-6,15-16H2,1-2H3/b22-17+. The fourth-order valence-corrected chi connectivity index (χ4v) is 4.56. The molecule has 2 aromatic carbocycles. The molecule has 2 saturated heterocycles. The molecule has 0 aromatic heterocycles. The molecule has 0 unspecified atom stereocenters. The van der Waals surface area contributed by atoms with E-state index in [1.165, 1.54) is 30.5 Å². The van der Waals surface area contributed by atoms with Crippen molar-refractivity contribution in [2.75, 3.05) is 29.9 Å². The Hall–Kier alpha value is -2.36. The summed E-state index contributed by atoms with van der Waals surface area (Å²) in [6.45, 7) is 4.40. The van der Waals surface area contributed by atoms with Crippen molar-refractivity contribution in [2.24, 2.45) is 0 Å².